The van der Waals surface area contributed by atoms with Gasteiger partial charge in [-0.1, -0.05) is 11.6 Å². The average molecular weight is 201 g/mol. The van der Waals surface area contributed by atoms with Crippen LogP contribution in [0.15, 0.2) is 12.1 Å². The number of hydrogen-bond acceptors (Lipinski definition) is 3. The minimum Gasteiger partial charge on any atom is -0.497 e. The molecule has 70 valence electrons. The Morgan fingerprint density at radius 1 is 1.31 bits per heavy atom. The van der Waals surface area contributed by atoms with E-state index in [0.29, 0.717) is 28.4 Å². The van der Waals surface area contributed by atoms with Crippen molar-refractivity contribution < 1.29 is 14.3 Å². The van der Waals surface area contributed by atoms with E-state index in [9.17, 15) is 4.79 Å². The highest BCUT2D eigenvalue weighted by molar-refractivity contribution is 6.33. The van der Waals surface area contributed by atoms with Gasteiger partial charge in [0.25, 0.3) is 0 Å². The molecule has 0 aliphatic rings. The number of carbonyl (C=O) groups excluding carboxylic acids is 1. The standard InChI is InChI=1S/C9H9ClO3/c1-12-6-3-8(10)7(5-11)9(4-6)13-2/h3-5H,1-2H3. The fourth-order valence-corrected chi connectivity index (χ4v) is 1.22. The zero-order valence-electron chi connectivity index (χ0n) is 7.33. The van der Waals surface area contributed by atoms with Gasteiger partial charge in [0.2, 0.25) is 0 Å². The molecule has 0 saturated carbocycles. The van der Waals surface area contributed by atoms with Crippen molar-refractivity contribution in [1.29, 1.82) is 0 Å². The first-order valence-electron chi connectivity index (χ1n) is 3.59. The van der Waals surface area contributed by atoms with Crippen molar-refractivity contribution in [1.82, 2.24) is 0 Å². The Morgan fingerprint density at radius 3 is 2.46 bits per heavy atom. The number of carbonyl (C=O) groups is 1. The largest absolute Gasteiger partial charge is 0.497 e. The van der Waals surface area contributed by atoms with Crippen LogP contribution < -0.4 is 9.47 Å². The predicted molar refractivity (Wildman–Crippen MR) is 49.9 cm³/mol. The summed E-state index contributed by atoms with van der Waals surface area (Å²) in [5, 5.41) is 0.325. The van der Waals surface area contributed by atoms with Gasteiger partial charge >= 0.3 is 0 Å². The van der Waals surface area contributed by atoms with Crippen LogP contribution in [0.3, 0.4) is 0 Å². The molecule has 1 aromatic carbocycles. The quantitative estimate of drug-likeness (QED) is 0.702. The fraction of sp³-hybridized carbons (Fsp3) is 0.222. The molecule has 0 saturated heterocycles. The first-order chi connectivity index (χ1) is 6.22. The van der Waals surface area contributed by atoms with Crippen LogP contribution in [0.5, 0.6) is 11.5 Å². The molecule has 4 heteroatoms. The molecule has 13 heavy (non-hydrogen) atoms. The lowest BCUT2D eigenvalue weighted by Gasteiger charge is -2.07. The van der Waals surface area contributed by atoms with Gasteiger partial charge in [-0.3, -0.25) is 4.79 Å². The van der Waals surface area contributed by atoms with Crippen molar-refractivity contribution in [3.05, 3.63) is 22.7 Å². The molecule has 0 aliphatic carbocycles. The summed E-state index contributed by atoms with van der Waals surface area (Å²) in [5.74, 6) is 0.979. The van der Waals surface area contributed by atoms with Crippen LogP contribution in [0.4, 0.5) is 0 Å². The monoisotopic (exact) mass is 200 g/mol. The SMILES string of the molecule is COc1cc(Cl)c(C=O)c(OC)c1. The summed E-state index contributed by atoms with van der Waals surface area (Å²) in [6.45, 7) is 0. The van der Waals surface area contributed by atoms with E-state index < -0.39 is 0 Å². The second-order valence-corrected chi connectivity index (χ2v) is 2.75. The maximum Gasteiger partial charge on any atom is 0.155 e. The molecular weight excluding hydrogens is 192 g/mol. The molecule has 0 radical (unpaired) electrons. The molecule has 1 rings (SSSR count). The third-order valence-corrected chi connectivity index (χ3v) is 1.95. The maximum atomic E-state index is 10.6. The van der Waals surface area contributed by atoms with Gasteiger partial charge in [0.05, 0.1) is 24.8 Å². The number of hydrogen-bond donors (Lipinski definition) is 0. The summed E-state index contributed by atoms with van der Waals surface area (Å²) in [5.41, 5.74) is 0.338. The van der Waals surface area contributed by atoms with Crippen LogP contribution in [0.25, 0.3) is 0 Å². The summed E-state index contributed by atoms with van der Waals surface area (Å²) in [7, 11) is 2.99. The number of aldehydes is 1. The minimum atomic E-state index is 0.325. The Balaban J connectivity index is 3.28. The van der Waals surface area contributed by atoms with Crippen molar-refractivity contribution in [2.75, 3.05) is 14.2 Å². The van der Waals surface area contributed by atoms with E-state index in [2.05, 4.69) is 0 Å². The number of ether oxygens (including phenoxy) is 2. The lowest BCUT2D eigenvalue weighted by molar-refractivity contribution is 0.112. The highest BCUT2D eigenvalue weighted by atomic mass is 35.5. The molecule has 0 bridgehead atoms. The molecule has 0 atom stereocenters. The summed E-state index contributed by atoms with van der Waals surface area (Å²) >= 11 is 5.80. The molecule has 0 spiro atoms. The Labute approximate surface area is 81.2 Å². The number of benzene rings is 1. The van der Waals surface area contributed by atoms with Crippen LogP contribution >= 0.6 is 11.6 Å². The Hall–Kier alpha value is -1.22. The first-order valence-corrected chi connectivity index (χ1v) is 3.97. The molecule has 0 aromatic heterocycles. The third kappa shape index (κ3) is 1.92. The summed E-state index contributed by atoms with van der Waals surface area (Å²) in [4.78, 5) is 10.6. The topological polar surface area (TPSA) is 35.5 Å². The summed E-state index contributed by atoms with van der Waals surface area (Å²) in [6, 6.07) is 3.17. The first kappa shape index (κ1) is 9.86. The molecule has 0 N–H and O–H groups in total. The summed E-state index contributed by atoms with van der Waals surface area (Å²) < 4.78 is 9.92. The van der Waals surface area contributed by atoms with Crippen molar-refractivity contribution in [3.63, 3.8) is 0 Å². The highest BCUT2D eigenvalue weighted by Crippen LogP contribution is 2.30. The zero-order chi connectivity index (χ0) is 9.84. The molecule has 0 heterocycles. The van der Waals surface area contributed by atoms with Crippen molar-refractivity contribution in [3.8, 4) is 11.5 Å². The van der Waals surface area contributed by atoms with E-state index >= 15 is 0 Å². The van der Waals surface area contributed by atoms with Gasteiger partial charge in [-0.15, -0.1) is 0 Å². The highest BCUT2D eigenvalue weighted by Gasteiger charge is 2.09. The van der Waals surface area contributed by atoms with E-state index in [4.69, 9.17) is 21.1 Å². The number of halogens is 1. The Bertz CT molecular complexity index is 323. The Morgan fingerprint density at radius 2 is 2.00 bits per heavy atom. The normalized spacial score (nSPS) is 9.46. The van der Waals surface area contributed by atoms with Crippen molar-refractivity contribution in [2.24, 2.45) is 0 Å². The van der Waals surface area contributed by atoms with Crippen LogP contribution in [-0.4, -0.2) is 20.5 Å². The van der Waals surface area contributed by atoms with Crippen LogP contribution in [0.1, 0.15) is 10.4 Å². The third-order valence-electron chi connectivity index (χ3n) is 1.64. The van der Waals surface area contributed by atoms with Crippen molar-refractivity contribution >= 4 is 17.9 Å². The van der Waals surface area contributed by atoms with Gasteiger partial charge < -0.3 is 9.47 Å². The number of rotatable bonds is 3. The van der Waals surface area contributed by atoms with Gasteiger partial charge in [0.15, 0.2) is 6.29 Å². The van der Waals surface area contributed by atoms with E-state index in [1.165, 1.54) is 14.2 Å². The van der Waals surface area contributed by atoms with Crippen LogP contribution in [0, 0.1) is 0 Å². The van der Waals surface area contributed by atoms with Gasteiger partial charge in [0, 0.05) is 6.07 Å². The fourth-order valence-electron chi connectivity index (χ4n) is 0.970. The second-order valence-electron chi connectivity index (χ2n) is 2.34. The van der Waals surface area contributed by atoms with E-state index in [1.807, 2.05) is 0 Å². The lowest BCUT2D eigenvalue weighted by atomic mass is 10.2. The molecule has 0 amide bonds. The van der Waals surface area contributed by atoms with Crippen LogP contribution in [-0.2, 0) is 0 Å². The van der Waals surface area contributed by atoms with Gasteiger partial charge in [0.1, 0.15) is 11.5 Å². The lowest BCUT2D eigenvalue weighted by Crippen LogP contribution is -1.93. The molecule has 1 aromatic rings. The molecule has 0 fully saturated rings. The Kier molecular flexibility index (Phi) is 3.14. The smallest absolute Gasteiger partial charge is 0.155 e. The van der Waals surface area contributed by atoms with E-state index in [-0.39, 0.29) is 0 Å². The average Bonchev–Trinajstić information content (AvgIpc) is 2.16. The van der Waals surface area contributed by atoms with Gasteiger partial charge in [-0.25, -0.2) is 0 Å². The van der Waals surface area contributed by atoms with Crippen molar-refractivity contribution in [2.45, 2.75) is 0 Å². The van der Waals surface area contributed by atoms with E-state index in [1.54, 1.807) is 12.1 Å². The predicted octanol–water partition coefficient (Wildman–Crippen LogP) is 2.17. The maximum absolute atomic E-state index is 10.6. The van der Waals surface area contributed by atoms with E-state index in [0.717, 1.165) is 0 Å². The molecule has 3 nitrogen and oxygen atoms in total. The minimum absolute atomic E-state index is 0.325. The molecule has 0 unspecified atom stereocenters. The van der Waals surface area contributed by atoms with Crippen LogP contribution in [0.2, 0.25) is 5.02 Å². The second kappa shape index (κ2) is 4.14. The zero-order valence-corrected chi connectivity index (χ0v) is 8.09. The van der Waals surface area contributed by atoms with Gasteiger partial charge in [-0.2, -0.15) is 0 Å². The number of methoxy groups -OCH3 is 2. The summed E-state index contributed by atoms with van der Waals surface area (Å²) in [6.07, 6.45) is 0.653. The molecule has 0 aliphatic heterocycles. The van der Waals surface area contributed by atoms with Gasteiger partial charge in [-0.05, 0) is 6.07 Å². The molecular formula is C9H9ClO3.